The number of hydrogen-bond acceptors (Lipinski definition) is 3. The summed E-state index contributed by atoms with van der Waals surface area (Å²) in [5.41, 5.74) is 11.8. The molecule has 0 aliphatic rings. The Hall–Kier alpha value is -1.36. The molecule has 5 N–H and O–H groups in total. The van der Waals surface area contributed by atoms with Gasteiger partial charge in [-0.15, -0.1) is 0 Å². The maximum absolute atomic E-state index is 5.97. The van der Waals surface area contributed by atoms with E-state index in [2.05, 4.69) is 33.5 Å². The van der Waals surface area contributed by atoms with E-state index in [1.807, 2.05) is 36.4 Å². The molecular formula is C14H16BrN3. The maximum atomic E-state index is 5.97. The molecule has 18 heavy (non-hydrogen) atoms. The summed E-state index contributed by atoms with van der Waals surface area (Å²) in [6.07, 6.45) is 0.804. The molecule has 1 atom stereocenters. The van der Waals surface area contributed by atoms with Gasteiger partial charge in [-0.05, 0) is 35.7 Å². The number of nitrogens with one attached hydrogen (secondary N) is 1. The van der Waals surface area contributed by atoms with Crippen molar-refractivity contribution in [1.82, 2.24) is 5.43 Å². The number of nitrogens with two attached hydrogens (primary N) is 2. The Morgan fingerprint density at radius 1 is 1.06 bits per heavy atom. The van der Waals surface area contributed by atoms with Crippen molar-refractivity contribution >= 4 is 21.6 Å². The third-order valence-electron chi connectivity index (χ3n) is 2.93. The second-order valence-corrected chi connectivity index (χ2v) is 5.09. The highest BCUT2D eigenvalue weighted by Gasteiger charge is 2.12. The van der Waals surface area contributed by atoms with Crippen LogP contribution in [0.25, 0.3) is 0 Å². The predicted molar refractivity (Wildman–Crippen MR) is 78.8 cm³/mol. The van der Waals surface area contributed by atoms with Crippen LogP contribution in [-0.4, -0.2) is 0 Å². The van der Waals surface area contributed by atoms with Crippen molar-refractivity contribution in [2.75, 3.05) is 5.73 Å². The lowest BCUT2D eigenvalue weighted by Crippen LogP contribution is -2.30. The number of nitrogen functional groups attached to an aromatic ring is 1. The Labute approximate surface area is 115 Å². The standard InChI is InChI=1S/C14H16BrN3/c15-11-7-5-10(6-8-11)9-14(18-17)12-3-1-2-4-13(12)16/h1-8,14,18H,9,16-17H2. The van der Waals surface area contributed by atoms with Crippen LogP contribution >= 0.6 is 15.9 Å². The molecule has 2 aromatic rings. The zero-order valence-electron chi connectivity index (χ0n) is 9.94. The fourth-order valence-electron chi connectivity index (χ4n) is 1.94. The molecular weight excluding hydrogens is 290 g/mol. The van der Waals surface area contributed by atoms with Gasteiger partial charge in [0.25, 0.3) is 0 Å². The second-order valence-electron chi connectivity index (χ2n) is 4.18. The van der Waals surface area contributed by atoms with E-state index in [4.69, 9.17) is 11.6 Å². The highest BCUT2D eigenvalue weighted by atomic mass is 79.9. The van der Waals surface area contributed by atoms with E-state index in [9.17, 15) is 0 Å². The van der Waals surface area contributed by atoms with Gasteiger partial charge >= 0.3 is 0 Å². The van der Waals surface area contributed by atoms with Gasteiger partial charge < -0.3 is 5.73 Å². The van der Waals surface area contributed by atoms with Crippen molar-refractivity contribution in [3.05, 3.63) is 64.1 Å². The van der Waals surface area contributed by atoms with Crippen molar-refractivity contribution < 1.29 is 0 Å². The Morgan fingerprint density at radius 2 is 1.72 bits per heavy atom. The van der Waals surface area contributed by atoms with Crippen molar-refractivity contribution in [2.45, 2.75) is 12.5 Å². The summed E-state index contributed by atoms with van der Waals surface area (Å²) in [7, 11) is 0. The van der Waals surface area contributed by atoms with E-state index >= 15 is 0 Å². The van der Waals surface area contributed by atoms with Crippen LogP contribution in [0.4, 0.5) is 5.69 Å². The first kappa shape index (κ1) is 13.1. The lowest BCUT2D eigenvalue weighted by atomic mass is 9.98. The summed E-state index contributed by atoms with van der Waals surface area (Å²) in [5.74, 6) is 5.64. The van der Waals surface area contributed by atoms with Gasteiger partial charge in [0, 0.05) is 10.2 Å². The van der Waals surface area contributed by atoms with E-state index in [0.717, 1.165) is 22.1 Å². The highest BCUT2D eigenvalue weighted by Crippen LogP contribution is 2.23. The van der Waals surface area contributed by atoms with Gasteiger partial charge in [-0.2, -0.15) is 0 Å². The summed E-state index contributed by atoms with van der Waals surface area (Å²) < 4.78 is 1.07. The first-order valence-corrected chi connectivity index (χ1v) is 6.55. The van der Waals surface area contributed by atoms with E-state index in [1.165, 1.54) is 5.56 Å². The summed E-state index contributed by atoms with van der Waals surface area (Å²) >= 11 is 3.42. The van der Waals surface area contributed by atoms with Gasteiger partial charge in [-0.25, -0.2) is 0 Å². The summed E-state index contributed by atoms with van der Waals surface area (Å²) in [6, 6.07) is 16.0. The molecule has 0 aromatic heterocycles. The van der Waals surface area contributed by atoms with E-state index in [0.29, 0.717) is 0 Å². The summed E-state index contributed by atoms with van der Waals surface area (Å²) in [5, 5.41) is 0. The smallest absolute Gasteiger partial charge is 0.0520 e. The quantitative estimate of drug-likeness (QED) is 0.462. The molecule has 0 radical (unpaired) electrons. The van der Waals surface area contributed by atoms with Crippen molar-refractivity contribution in [1.29, 1.82) is 0 Å². The third kappa shape index (κ3) is 3.10. The summed E-state index contributed by atoms with van der Waals surface area (Å²) in [4.78, 5) is 0. The summed E-state index contributed by atoms with van der Waals surface area (Å²) in [6.45, 7) is 0. The Morgan fingerprint density at radius 3 is 2.33 bits per heavy atom. The van der Waals surface area contributed by atoms with E-state index in [-0.39, 0.29) is 6.04 Å². The minimum Gasteiger partial charge on any atom is -0.398 e. The van der Waals surface area contributed by atoms with Crippen LogP contribution in [0, 0.1) is 0 Å². The molecule has 0 amide bonds. The average molecular weight is 306 g/mol. The van der Waals surface area contributed by atoms with Crippen molar-refractivity contribution in [2.24, 2.45) is 5.84 Å². The SMILES string of the molecule is NNC(Cc1ccc(Br)cc1)c1ccccc1N. The fraction of sp³-hybridized carbons (Fsp3) is 0.143. The van der Waals surface area contributed by atoms with Crippen LogP contribution in [0.5, 0.6) is 0 Å². The van der Waals surface area contributed by atoms with Gasteiger partial charge in [0.15, 0.2) is 0 Å². The Bertz CT molecular complexity index is 511. The molecule has 0 bridgehead atoms. The van der Waals surface area contributed by atoms with E-state index < -0.39 is 0 Å². The number of hydrogen-bond donors (Lipinski definition) is 3. The molecule has 0 saturated carbocycles. The zero-order chi connectivity index (χ0) is 13.0. The first-order chi connectivity index (χ1) is 8.70. The second kappa shape index (κ2) is 6.00. The van der Waals surface area contributed by atoms with Gasteiger partial charge in [-0.3, -0.25) is 11.3 Å². The molecule has 94 valence electrons. The molecule has 4 heteroatoms. The van der Waals surface area contributed by atoms with Crippen LogP contribution in [0.1, 0.15) is 17.2 Å². The van der Waals surface area contributed by atoms with E-state index in [1.54, 1.807) is 0 Å². The minimum absolute atomic E-state index is 0.0207. The number of halogens is 1. The van der Waals surface area contributed by atoms with Gasteiger partial charge in [0.2, 0.25) is 0 Å². The van der Waals surface area contributed by atoms with Crippen molar-refractivity contribution in [3.63, 3.8) is 0 Å². The van der Waals surface area contributed by atoms with Crippen LogP contribution in [0.2, 0.25) is 0 Å². The number of para-hydroxylation sites is 1. The van der Waals surface area contributed by atoms with Gasteiger partial charge in [0.1, 0.15) is 0 Å². The molecule has 0 aliphatic carbocycles. The van der Waals surface area contributed by atoms with Crippen LogP contribution in [0.3, 0.4) is 0 Å². The number of anilines is 1. The monoisotopic (exact) mass is 305 g/mol. The molecule has 0 heterocycles. The third-order valence-corrected chi connectivity index (χ3v) is 3.45. The maximum Gasteiger partial charge on any atom is 0.0520 e. The minimum atomic E-state index is 0.0207. The number of benzene rings is 2. The number of hydrazine groups is 1. The average Bonchev–Trinajstić information content (AvgIpc) is 2.39. The lowest BCUT2D eigenvalue weighted by molar-refractivity contribution is 0.553. The Kier molecular flexibility index (Phi) is 4.36. The van der Waals surface area contributed by atoms with Gasteiger partial charge in [0.05, 0.1) is 6.04 Å². The zero-order valence-corrected chi connectivity index (χ0v) is 11.5. The topological polar surface area (TPSA) is 64.1 Å². The molecule has 0 spiro atoms. The number of rotatable bonds is 4. The normalized spacial score (nSPS) is 12.3. The molecule has 3 nitrogen and oxygen atoms in total. The molecule has 1 unspecified atom stereocenters. The largest absolute Gasteiger partial charge is 0.398 e. The molecule has 0 saturated heterocycles. The van der Waals surface area contributed by atoms with Crippen LogP contribution in [0.15, 0.2) is 53.0 Å². The van der Waals surface area contributed by atoms with Crippen LogP contribution in [-0.2, 0) is 6.42 Å². The molecule has 0 aliphatic heterocycles. The Balaban J connectivity index is 2.20. The molecule has 2 rings (SSSR count). The molecule has 2 aromatic carbocycles. The first-order valence-electron chi connectivity index (χ1n) is 5.75. The molecule has 0 fully saturated rings. The predicted octanol–water partition coefficient (Wildman–Crippen LogP) is 2.78. The van der Waals surface area contributed by atoms with Crippen LogP contribution < -0.4 is 17.0 Å². The lowest BCUT2D eigenvalue weighted by Gasteiger charge is -2.18. The van der Waals surface area contributed by atoms with Crippen molar-refractivity contribution in [3.8, 4) is 0 Å². The van der Waals surface area contributed by atoms with Gasteiger partial charge in [-0.1, -0.05) is 46.3 Å². The fourth-order valence-corrected chi connectivity index (χ4v) is 2.21. The highest BCUT2D eigenvalue weighted by molar-refractivity contribution is 9.10.